The Kier molecular flexibility index (Phi) is 5.99. The molecule has 5 nitrogen and oxygen atoms in total. The summed E-state index contributed by atoms with van der Waals surface area (Å²) in [5.41, 5.74) is 2.63. The van der Waals surface area contributed by atoms with Crippen molar-refractivity contribution in [3.05, 3.63) is 82.0 Å². The maximum absolute atomic E-state index is 13.3. The van der Waals surface area contributed by atoms with Crippen molar-refractivity contribution in [1.82, 2.24) is 9.55 Å². The highest BCUT2D eigenvalue weighted by Gasteiger charge is 2.14. The lowest BCUT2D eigenvalue weighted by Crippen LogP contribution is -2.30. The number of amides is 1. The van der Waals surface area contributed by atoms with E-state index in [-0.39, 0.29) is 23.8 Å². The van der Waals surface area contributed by atoms with Crippen molar-refractivity contribution in [2.24, 2.45) is 0 Å². The summed E-state index contributed by atoms with van der Waals surface area (Å²) >= 11 is 0. The second kappa shape index (κ2) is 8.61. The van der Waals surface area contributed by atoms with Gasteiger partial charge in [0, 0.05) is 23.0 Å². The number of hydrogen-bond donors (Lipinski definition) is 1. The molecule has 1 N–H and O–H groups in total. The summed E-state index contributed by atoms with van der Waals surface area (Å²) in [4.78, 5) is 29.8. The molecule has 1 heterocycles. The van der Waals surface area contributed by atoms with E-state index in [1.807, 2.05) is 38.1 Å². The molecule has 0 aliphatic heterocycles. The highest BCUT2D eigenvalue weighted by atomic mass is 19.1. The van der Waals surface area contributed by atoms with Crippen LogP contribution in [0.5, 0.6) is 0 Å². The molecule has 0 saturated heterocycles. The van der Waals surface area contributed by atoms with Crippen LogP contribution in [0.15, 0.2) is 59.4 Å². The summed E-state index contributed by atoms with van der Waals surface area (Å²) in [7, 11) is 0. The lowest BCUT2D eigenvalue weighted by molar-refractivity contribution is -0.116. The second-order valence-corrected chi connectivity index (χ2v) is 6.41. The number of aromatic nitrogens is 2. The van der Waals surface area contributed by atoms with Crippen LogP contribution in [0.3, 0.4) is 0 Å². The standard InChI is InChI=1S/C22H22FN3O2/c1-3-15-7-5-6-8-19(15)25-20(27)14-26-21(28)13-18(4-2)24-22(26)16-9-11-17(23)12-10-16/h5-13H,3-4,14H2,1-2H3,(H,25,27). The van der Waals surface area contributed by atoms with E-state index in [1.54, 1.807) is 12.1 Å². The number of rotatable bonds is 6. The molecule has 3 aromatic rings. The fraction of sp³-hybridized carbons (Fsp3) is 0.227. The third-order valence-corrected chi connectivity index (χ3v) is 4.50. The van der Waals surface area contributed by atoms with Crippen LogP contribution in [0.1, 0.15) is 25.1 Å². The fourth-order valence-corrected chi connectivity index (χ4v) is 2.99. The number of hydrogen-bond acceptors (Lipinski definition) is 3. The predicted molar refractivity (Wildman–Crippen MR) is 108 cm³/mol. The van der Waals surface area contributed by atoms with Crippen LogP contribution in [0.25, 0.3) is 11.4 Å². The number of aryl methyl sites for hydroxylation is 2. The zero-order valence-corrected chi connectivity index (χ0v) is 15.9. The maximum atomic E-state index is 13.3. The number of para-hydroxylation sites is 1. The largest absolute Gasteiger partial charge is 0.324 e. The van der Waals surface area contributed by atoms with Gasteiger partial charge in [-0.3, -0.25) is 14.2 Å². The van der Waals surface area contributed by atoms with Gasteiger partial charge < -0.3 is 5.32 Å². The Hall–Kier alpha value is -3.28. The van der Waals surface area contributed by atoms with E-state index in [0.717, 1.165) is 17.7 Å². The minimum atomic E-state index is -0.377. The summed E-state index contributed by atoms with van der Waals surface area (Å²) in [5, 5.41) is 2.87. The van der Waals surface area contributed by atoms with Gasteiger partial charge in [-0.05, 0) is 48.7 Å². The Morgan fingerprint density at radius 1 is 1.07 bits per heavy atom. The topological polar surface area (TPSA) is 64.0 Å². The quantitative estimate of drug-likeness (QED) is 0.708. The third-order valence-electron chi connectivity index (χ3n) is 4.50. The van der Waals surface area contributed by atoms with E-state index in [9.17, 15) is 14.0 Å². The molecule has 6 heteroatoms. The molecular formula is C22H22FN3O2. The molecule has 0 fully saturated rings. The average molecular weight is 379 g/mol. The second-order valence-electron chi connectivity index (χ2n) is 6.41. The summed E-state index contributed by atoms with van der Waals surface area (Å²) in [5.74, 6) is -0.348. The number of anilines is 1. The lowest BCUT2D eigenvalue weighted by Gasteiger charge is -2.14. The molecule has 0 spiro atoms. The number of halogens is 1. The molecule has 1 amide bonds. The van der Waals surface area contributed by atoms with Gasteiger partial charge in [0.25, 0.3) is 5.56 Å². The minimum absolute atomic E-state index is 0.180. The van der Waals surface area contributed by atoms with E-state index in [4.69, 9.17) is 0 Å². The van der Waals surface area contributed by atoms with Crippen LogP contribution in [-0.4, -0.2) is 15.5 Å². The van der Waals surface area contributed by atoms with Gasteiger partial charge in [0.05, 0.1) is 0 Å². The van der Waals surface area contributed by atoms with Crippen LogP contribution in [-0.2, 0) is 24.2 Å². The molecule has 0 aliphatic carbocycles. The number of carbonyl (C=O) groups excluding carboxylic acids is 1. The summed E-state index contributed by atoms with van der Waals surface area (Å²) in [6.45, 7) is 3.73. The van der Waals surface area contributed by atoms with E-state index >= 15 is 0 Å². The first-order chi connectivity index (χ1) is 13.5. The molecular weight excluding hydrogens is 357 g/mol. The van der Waals surface area contributed by atoms with Crippen molar-refractivity contribution in [1.29, 1.82) is 0 Å². The number of nitrogens with zero attached hydrogens (tertiary/aromatic N) is 2. The predicted octanol–water partition coefficient (Wildman–Crippen LogP) is 3.81. The number of nitrogens with one attached hydrogen (secondary N) is 1. The SMILES string of the molecule is CCc1cc(=O)n(CC(=O)Nc2ccccc2CC)c(-c2ccc(F)cc2)n1. The van der Waals surface area contributed by atoms with Gasteiger partial charge in [0.1, 0.15) is 18.2 Å². The van der Waals surface area contributed by atoms with E-state index in [1.165, 1.54) is 22.8 Å². The molecule has 0 saturated carbocycles. The van der Waals surface area contributed by atoms with Gasteiger partial charge in [-0.2, -0.15) is 0 Å². The molecule has 144 valence electrons. The summed E-state index contributed by atoms with van der Waals surface area (Å²) in [6, 6.07) is 14.7. The zero-order valence-electron chi connectivity index (χ0n) is 15.9. The number of benzene rings is 2. The molecule has 28 heavy (non-hydrogen) atoms. The molecule has 0 atom stereocenters. The minimum Gasteiger partial charge on any atom is -0.324 e. The molecule has 3 rings (SSSR count). The monoisotopic (exact) mass is 379 g/mol. The fourth-order valence-electron chi connectivity index (χ4n) is 2.99. The molecule has 0 bridgehead atoms. The van der Waals surface area contributed by atoms with Crippen LogP contribution in [0, 0.1) is 5.82 Å². The van der Waals surface area contributed by atoms with E-state index in [0.29, 0.717) is 23.5 Å². The van der Waals surface area contributed by atoms with Crippen molar-refractivity contribution in [3.8, 4) is 11.4 Å². The van der Waals surface area contributed by atoms with Crippen LogP contribution < -0.4 is 10.9 Å². The summed E-state index contributed by atoms with van der Waals surface area (Å²) in [6.07, 6.45) is 1.37. The van der Waals surface area contributed by atoms with E-state index in [2.05, 4.69) is 10.3 Å². The summed E-state index contributed by atoms with van der Waals surface area (Å²) < 4.78 is 14.6. The van der Waals surface area contributed by atoms with Gasteiger partial charge >= 0.3 is 0 Å². The highest BCUT2D eigenvalue weighted by molar-refractivity contribution is 5.91. The van der Waals surface area contributed by atoms with Gasteiger partial charge in [-0.25, -0.2) is 9.37 Å². The molecule has 0 radical (unpaired) electrons. The Morgan fingerprint density at radius 2 is 1.79 bits per heavy atom. The van der Waals surface area contributed by atoms with Crippen molar-refractivity contribution >= 4 is 11.6 Å². The Morgan fingerprint density at radius 3 is 2.46 bits per heavy atom. The molecule has 0 aliphatic rings. The number of carbonyl (C=O) groups is 1. The maximum Gasteiger partial charge on any atom is 0.254 e. The van der Waals surface area contributed by atoms with Crippen molar-refractivity contribution in [3.63, 3.8) is 0 Å². The first-order valence-electron chi connectivity index (χ1n) is 9.26. The average Bonchev–Trinajstić information content (AvgIpc) is 2.70. The van der Waals surface area contributed by atoms with Crippen LogP contribution in [0.2, 0.25) is 0 Å². The van der Waals surface area contributed by atoms with Gasteiger partial charge in [-0.1, -0.05) is 32.0 Å². The van der Waals surface area contributed by atoms with Crippen molar-refractivity contribution < 1.29 is 9.18 Å². The Labute approximate surface area is 162 Å². The van der Waals surface area contributed by atoms with Gasteiger partial charge in [0.15, 0.2) is 0 Å². The van der Waals surface area contributed by atoms with Crippen molar-refractivity contribution in [2.45, 2.75) is 33.2 Å². The van der Waals surface area contributed by atoms with Gasteiger partial charge in [-0.15, -0.1) is 0 Å². The van der Waals surface area contributed by atoms with Crippen LogP contribution in [0.4, 0.5) is 10.1 Å². The molecule has 1 aromatic heterocycles. The molecule has 0 unspecified atom stereocenters. The van der Waals surface area contributed by atoms with Crippen LogP contribution >= 0.6 is 0 Å². The first-order valence-corrected chi connectivity index (χ1v) is 9.26. The Bertz CT molecular complexity index is 1040. The normalized spacial score (nSPS) is 10.7. The third kappa shape index (κ3) is 4.34. The Balaban J connectivity index is 1.95. The van der Waals surface area contributed by atoms with Gasteiger partial charge in [0.2, 0.25) is 5.91 Å². The van der Waals surface area contributed by atoms with E-state index < -0.39 is 0 Å². The van der Waals surface area contributed by atoms with Crippen molar-refractivity contribution in [2.75, 3.05) is 5.32 Å². The molecule has 2 aromatic carbocycles. The highest BCUT2D eigenvalue weighted by Crippen LogP contribution is 2.18. The zero-order chi connectivity index (χ0) is 20.1. The first kappa shape index (κ1) is 19.5. The lowest BCUT2D eigenvalue weighted by atomic mass is 10.1. The smallest absolute Gasteiger partial charge is 0.254 e.